The molecule has 2 atom stereocenters. The third-order valence-corrected chi connectivity index (χ3v) is 16.9. The number of carbonyl (C=O) groups excluding carboxylic acids is 7. The molecule has 26 heteroatoms. The second-order valence-corrected chi connectivity index (χ2v) is 26.4. The Bertz CT molecular complexity index is 2290. The zero-order valence-electron chi connectivity index (χ0n) is 64.3. The fourth-order valence-corrected chi connectivity index (χ4v) is 10.8. The van der Waals surface area contributed by atoms with Gasteiger partial charge in [0.2, 0.25) is 41.4 Å². The molecule has 0 aliphatic carbocycles. The van der Waals surface area contributed by atoms with Crippen LogP contribution in [0.15, 0.2) is 56.8 Å². The maximum absolute atomic E-state index is 13.8. The number of nitrogens with one attached hydrogen (secondary N) is 10. The van der Waals surface area contributed by atoms with Crippen LogP contribution in [0.5, 0.6) is 0 Å². The number of aliphatic imine (C=N–C) groups is 1. The summed E-state index contributed by atoms with van der Waals surface area (Å²) in [5.74, 6) is -4.23. The van der Waals surface area contributed by atoms with Gasteiger partial charge >= 0.3 is 0 Å². The monoisotopic (exact) mass is 1450 g/mol. The van der Waals surface area contributed by atoms with Gasteiger partial charge in [0.25, 0.3) is 0 Å². The van der Waals surface area contributed by atoms with Crippen molar-refractivity contribution < 1.29 is 48.1 Å². The highest BCUT2D eigenvalue weighted by molar-refractivity contribution is 5.92. The molecule has 0 saturated heterocycles. The maximum Gasteiger partial charge on any atom is 0.248 e. The predicted octanol–water partition coefficient (Wildman–Crippen LogP) is 12.0. The summed E-state index contributed by atoms with van der Waals surface area (Å²) < 4.78 is 0. The lowest BCUT2D eigenvalue weighted by Gasteiger charge is -2.21. The van der Waals surface area contributed by atoms with Crippen LogP contribution in [0.3, 0.4) is 0 Å². The van der Waals surface area contributed by atoms with Crippen LogP contribution in [0.25, 0.3) is 0 Å². The van der Waals surface area contributed by atoms with E-state index in [2.05, 4.69) is 132 Å². The fourth-order valence-electron chi connectivity index (χ4n) is 10.8. The molecule has 0 aliphatic heterocycles. The first-order valence-corrected chi connectivity index (χ1v) is 40.0. The summed E-state index contributed by atoms with van der Waals surface area (Å²) in [6, 6.07) is -2.60. The number of hydrazone groups is 3. The minimum Gasteiger partial charge on any atom is -0.370 e. The van der Waals surface area contributed by atoms with Crippen LogP contribution in [0.4, 0.5) is 0 Å². The molecule has 0 unspecified atom stereocenters. The third-order valence-electron chi connectivity index (χ3n) is 16.9. The number of nitrogens with two attached hydrogens (primary N) is 2. The largest absolute Gasteiger partial charge is 0.370 e. The fraction of sp³-hybridized carbons (Fsp3) is 0.779. The average molecular weight is 1450 g/mol. The lowest BCUT2D eigenvalue weighted by molar-refractivity contribution is -0.131. The minimum absolute atomic E-state index is 0.00250. The van der Waals surface area contributed by atoms with Crippen molar-refractivity contribution in [3.8, 4) is 0 Å². The molecule has 0 spiro atoms. The van der Waals surface area contributed by atoms with Crippen molar-refractivity contribution in [2.45, 2.75) is 328 Å². The molecule has 0 bridgehead atoms. The van der Waals surface area contributed by atoms with Crippen LogP contribution in [-0.2, 0) is 48.1 Å². The average Bonchev–Trinajstić information content (AvgIpc) is 0.895. The lowest BCUT2D eigenvalue weighted by atomic mass is 10.1. The van der Waals surface area contributed by atoms with E-state index in [9.17, 15) is 33.6 Å². The van der Waals surface area contributed by atoms with Gasteiger partial charge in [0.15, 0.2) is 25.8 Å². The molecule has 0 rings (SSSR count). The molecule has 0 saturated carbocycles. The summed E-state index contributed by atoms with van der Waals surface area (Å²) in [7, 11) is 0. The van der Waals surface area contributed by atoms with Gasteiger partial charge in [-0.15, -0.1) is 0 Å². The quantitative estimate of drug-likeness (QED) is 0.00885. The van der Waals surface area contributed by atoms with Gasteiger partial charge in [-0.05, 0) is 128 Å². The van der Waals surface area contributed by atoms with Crippen LogP contribution in [-0.4, -0.2) is 137 Å². The molecular formula is C77H144N16O10. The van der Waals surface area contributed by atoms with Crippen molar-refractivity contribution in [2.24, 2.45) is 31.8 Å². The van der Waals surface area contributed by atoms with Crippen molar-refractivity contribution in [3.63, 3.8) is 0 Å². The minimum atomic E-state index is -1.31. The van der Waals surface area contributed by atoms with E-state index in [1.165, 1.54) is 173 Å². The molecule has 103 heavy (non-hydrogen) atoms. The number of rotatable bonds is 76. The molecule has 14 N–H and O–H groups in total. The van der Waals surface area contributed by atoms with E-state index < -0.39 is 59.4 Å². The lowest BCUT2D eigenvalue weighted by Crippen LogP contribution is -2.51. The molecule has 0 aliphatic rings. The number of amides is 7. The molecule has 26 nitrogen and oxygen atoms in total. The standard InChI is InChI=1S/C77H144N16O10/c1-4-7-10-13-16-19-22-25-28-31-34-37-40-43-46-49-56-86-91-101-65-72(96)82-61-59-80-70(94)54-52-68(75(99)85-64-63-84-74(98)67-103-93-88-58-51-48-45-42-39-36-33-30-27-24-21-18-15-12-9-6-3)89-76(100)69(90-77(78)79)53-55-71(95)81-60-62-83-73(97)66-102-92-87-57-50-47-44-41-38-35-32-29-26-23-20-17-14-11-8-5-2/h34-39,56-58,68-69,91-93H,4-33,40-55,59-67H2,1-3H3,(H,80,94)(H,81,95)(H,82,96)(H,83,97)(H,84,98)(H,85,99)(H,89,100)(H4,78,79,90)/b37-34-,38-35-,39-36-,86-56+,87-57+,88-58+/t68-,69-/m0/s1. The number of guanidine groups is 1. The van der Waals surface area contributed by atoms with Gasteiger partial charge in [-0.25, -0.2) is 19.5 Å². The smallest absolute Gasteiger partial charge is 0.248 e. The van der Waals surface area contributed by atoms with E-state index in [-0.39, 0.29) is 84.8 Å². The van der Waals surface area contributed by atoms with Gasteiger partial charge in [0, 0.05) is 70.8 Å². The highest BCUT2D eigenvalue weighted by atomic mass is 16.7. The van der Waals surface area contributed by atoms with Crippen LogP contribution in [0.2, 0.25) is 0 Å². The second-order valence-electron chi connectivity index (χ2n) is 26.4. The molecular weight excluding hydrogens is 1310 g/mol. The number of carbonyl (C=O) groups is 7. The van der Waals surface area contributed by atoms with Gasteiger partial charge in [0.05, 0.1) is 0 Å². The Hall–Kier alpha value is -6.93. The topological polar surface area (TPSA) is 369 Å². The van der Waals surface area contributed by atoms with Crippen molar-refractivity contribution in [2.75, 3.05) is 59.1 Å². The van der Waals surface area contributed by atoms with Crippen LogP contribution >= 0.6 is 0 Å². The normalized spacial score (nSPS) is 12.2. The van der Waals surface area contributed by atoms with Crippen molar-refractivity contribution in [1.29, 1.82) is 0 Å². The number of hydrogen-bond donors (Lipinski definition) is 12. The summed E-state index contributed by atoms with van der Waals surface area (Å²) in [4.78, 5) is 110. The predicted molar refractivity (Wildman–Crippen MR) is 419 cm³/mol. The summed E-state index contributed by atoms with van der Waals surface area (Å²) in [5.41, 5.74) is 18.6. The summed E-state index contributed by atoms with van der Waals surface area (Å²) in [5, 5.41) is 30.5. The SMILES string of the molecule is CCCCCCCCCCC/C=C\CCCC/C=N/NOCC(=O)NCCNC(=O)CC[C@H](N=C(N)N)C(=O)N[C@@H](CCC(=O)NCCNC(=O)CON/N=C/CCCC/C=C\CCCCCCCCCCC)C(=O)NCCNC(=O)CON/N=C/CCCC/C=C\CCCCCCCCCCC. The Labute approximate surface area is 620 Å². The van der Waals surface area contributed by atoms with Gasteiger partial charge in [-0.3, -0.25) is 33.6 Å². The number of hydrogen-bond acceptors (Lipinski definition) is 17. The Balaban J connectivity index is 4.96. The Morgan fingerprint density at radius 3 is 0.893 bits per heavy atom. The Kier molecular flexibility index (Phi) is 72.5. The molecule has 0 fully saturated rings. The Morgan fingerprint density at radius 1 is 0.320 bits per heavy atom. The van der Waals surface area contributed by atoms with E-state index in [4.69, 9.17) is 26.0 Å². The first-order chi connectivity index (χ1) is 50.4. The molecule has 0 aromatic rings. The molecule has 592 valence electrons. The molecule has 0 heterocycles. The van der Waals surface area contributed by atoms with E-state index in [1.54, 1.807) is 18.6 Å². The molecule has 0 aromatic carbocycles. The molecule has 0 aromatic heterocycles. The Morgan fingerprint density at radius 2 is 0.583 bits per heavy atom. The van der Waals surface area contributed by atoms with Crippen molar-refractivity contribution >= 4 is 66.0 Å². The van der Waals surface area contributed by atoms with E-state index in [0.29, 0.717) is 0 Å². The van der Waals surface area contributed by atoms with Crippen LogP contribution < -0.4 is 65.5 Å². The first kappa shape index (κ1) is 96.1. The van der Waals surface area contributed by atoms with Crippen LogP contribution in [0.1, 0.15) is 316 Å². The summed E-state index contributed by atoms with van der Waals surface area (Å²) in [6.07, 6.45) is 68.9. The number of nitrogens with zero attached hydrogens (tertiary/aromatic N) is 4. The van der Waals surface area contributed by atoms with Crippen molar-refractivity contribution in [1.82, 2.24) is 54.0 Å². The number of unbranched alkanes of at least 4 members (excludes halogenated alkanes) is 36. The number of allylic oxidation sites excluding steroid dienone is 6. The van der Waals surface area contributed by atoms with Crippen molar-refractivity contribution in [3.05, 3.63) is 36.5 Å². The molecule has 7 amide bonds. The summed E-state index contributed by atoms with van der Waals surface area (Å²) >= 11 is 0. The van der Waals surface area contributed by atoms with Gasteiger partial charge in [-0.2, -0.15) is 32.1 Å². The first-order valence-electron chi connectivity index (χ1n) is 40.0. The highest BCUT2D eigenvalue weighted by Crippen LogP contribution is 2.15. The summed E-state index contributed by atoms with van der Waals surface area (Å²) in [6.45, 7) is 6.00. The maximum atomic E-state index is 13.8. The van der Waals surface area contributed by atoms with E-state index >= 15 is 0 Å². The van der Waals surface area contributed by atoms with E-state index in [0.717, 1.165) is 96.3 Å². The molecule has 0 radical (unpaired) electrons. The van der Waals surface area contributed by atoms with Gasteiger partial charge < -0.3 is 48.7 Å². The van der Waals surface area contributed by atoms with Crippen LogP contribution in [0, 0.1) is 0 Å². The third kappa shape index (κ3) is 73.2. The zero-order valence-corrected chi connectivity index (χ0v) is 64.3. The van der Waals surface area contributed by atoms with E-state index in [1.807, 2.05) is 0 Å². The van der Waals surface area contributed by atoms with Gasteiger partial charge in [0.1, 0.15) is 12.1 Å². The highest BCUT2D eigenvalue weighted by Gasteiger charge is 2.27. The van der Waals surface area contributed by atoms with Gasteiger partial charge in [-0.1, -0.05) is 211 Å². The second kappa shape index (κ2) is 77.7. The zero-order chi connectivity index (χ0) is 75.0.